The van der Waals surface area contributed by atoms with Crippen LogP contribution >= 0.6 is 0 Å². The van der Waals surface area contributed by atoms with Crippen molar-refractivity contribution >= 4 is 0 Å². The lowest BCUT2D eigenvalue weighted by molar-refractivity contribution is -0.145. The van der Waals surface area contributed by atoms with Crippen molar-refractivity contribution < 1.29 is 9.84 Å². The van der Waals surface area contributed by atoms with E-state index in [1.807, 2.05) is 0 Å². The summed E-state index contributed by atoms with van der Waals surface area (Å²) in [6.07, 6.45) is 4.20. The topological polar surface area (TPSA) is 29.1 Å². The van der Waals surface area contributed by atoms with Crippen LogP contribution in [-0.2, 0) is 9.84 Å². The highest BCUT2D eigenvalue weighted by atomic mass is 16.6. The lowest BCUT2D eigenvalue weighted by Crippen LogP contribution is -2.12. The molecule has 0 aliphatic rings. The number of hydrogen-bond acceptors (Lipinski definition) is 1. The summed E-state index contributed by atoms with van der Waals surface area (Å²) >= 11 is 0. The Morgan fingerprint density at radius 1 is 1.15 bits per heavy atom. The zero-order valence-corrected chi connectivity index (χ0v) is 9.21. The van der Waals surface area contributed by atoms with Crippen LogP contribution in [0.4, 0.5) is 0 Å². The number of rotatable bonds is 8. The predicted molar refractivity (Wildman–Crippen MR) is 54.0 cm³/mol. The Bertz CT molecular complexity index is 102. The monoisotopic (exact) mass is 187 g/mol. The maximum absolute atomic E-state index is 11.2. The molecule has 0 aromatic heterocycles. The Morgan fingerprint density at radius 2 is 1.85 bits per heavy atom. The summed E-state index contributed by atoms with van der Waals surface area (Å²) < 4.78 is 5.14. The molecule has 0 amide bonds. The molecule has 0 saturated carbocycles. The van der Waals surface area contributed by atoms with Gasteiger partial charge in [-0.3, -0.25) is 0 Å². The van der Waals surface area contributed by atoms with Gasteiger partial charge in [0.05, 0.1) is 6.61 Å². The molecule has 2 nitrogen and oxygen atoms in total. The van der Waals surface area contributed by atoms with Gasteiger partial charge in [0, 0.05) is 6.42 Å². The third kappa shape index (κ3) is 9.84. The average molecular weight is 187 g/mol. The summed E-state index contributed by atoms with van der Waals surface area (Å²) in [7, 11) is 0. The van der Waals surface area contributed by atoms with Crippen molar-refractivity contribution in [3.63, 3.8) is 0 Å². The molecule has 0 N–H and O–H groups in total. The highest BCUT2D eigenvalue weighted by Crippen LogP contribution is 2.07. The van der Waals surface area contributed by atoms with Crippen molar-refractivity contribution in [3.05, 3.63) is 0 Å². The second-order valence-corrected chi connectivity index (χ2v) is 3.98. The number of unbranched alkanes of at least 4 members (excludes halogenated alkanes) is 2. The molecule has 1 atom stereocenters. The van der Waals surface area contributed by atoms with Crippen LogP contribution in [0.1, 0.15) is 52.9 Å². The second-order valence-electron chi connectivity index (χ2n) is 3.98. The Morgan fingerprint density at radius 3 is 2.38 bits per heavy atom. The Labute approximate surface area is 82.3 Å². The van der Waals surface area contributed by atoms with E-state index in [9.17, 15) is 5.11 Å². The Hall–Kier alpha value is -0.0800. The maximum Gasteiger partial charge on any atom is 0.191 e. The smallest absolute Gasteiger partial charge is 0.191 e. The van der Waals surface area contributed by atoms with E-state index < -0.39 is 6.29 Å². The third-order valence-electron chi connectivity index (χ3n) is 2.04. The molecule has 1 unspecified atom stereocenters. The molecular weight excluding hydrogens is 164 g/mol. The lowest BCUT2D eigenvalue weighted by atomic mass is 10.1. The van der Waals surface area contributed by atoms with Crippen LogP contribution in [0.5, 0.6) is 0 Å². The number of hydrogen-bond donors (Lipinski definition) is 0. The van der Waals surface area contributed by atoms with Crippen LogP contribution in [0.3, 0.4) is 0 Å². The van der Waals surface area contributed by atoms with Crippen LogP contribution in [0.25, 0.3) is 0 Å². The number of ether oxygens (including phenoxy) is 1. The first kappa shape index (κ1) is 12.9. The third-order valence-corrected chi connectivity index (χ3v) is 2.04. The van der Waals surface area contributed by atoms with Gasteiger partial charge in [-0.2, -0.15) is 0 Å². The first-order valence-electron chi connectivity index (χ1n) is 5.44. The van der Waals surface area contributed by atoms with Gasteiger partial charge in [0.2, 0.25) is 0 Å². The van der Waals surface area contributed by atoms with Crippen molar-refractivity contribution in [2.75, 3.05) is 6.61 Å². The molecule has 13 heavy (non-hydrogen) atoms. The van der Waals surface area contributed by atoms with Crippen molar-refractivity contribution in [1.29, 1.82) is 0 Å². The zero-order chi connectivity index (χ0) is 10.1. The molecule has 0 bridgehead atoms. The molecule has 0 fully saturated rings. The minimum Gasteiger partial charge on any atom is -0.350 e. The highest BCUT2D eigenvalue weighted by Gasteiger charge is 2.05. The maximum atomic E-state index is 11.2. The van der Waals surface area contributed by atoms with E-state index in [0.717, 1.165) is 19.3 Å². The van der Waals surface area contributed by atoms with Crippen molar-refractivity contribution in [2.45, 2.75) is 59.2 Å². The molecule has 0 saturated heterocycles. The fraction of sp³-hybridized carbons (Fsp3) is 1.00. The first-order chi connectivity index (χ1) is 6.16. The van der Waals surface area contributed by atoms with E-state index in [1.165, 1.54) is 6.42 Å². The summed E-state index contributed by atoms with van der Waals surface area (Å²) in [5.41, 5.74) is 0. The summed E-state index contributed by atoms with van der Waals surface area (Å²) in [6.45, 7) is 7.04. The molecule has 2 heteroatoms. The highest BCUT2D eigenvalue weighted by molar-refractivity contribution is 4.46. The summed E-state index contributed by atoms with van der Waals surface area (Å²) in [5, 5.41) is 11.2. The van der Waals surface area contributed by atoms with E-state index in [-0.39, 0.29) is 0 Å². The molecule has 0 heterocycles. The van der Waals surface area contributed by atoms with Crippen LogP contribution in [0.2, 0.25) is 0 Å². The summed E-state index contributed by atoms with van der Waals surface area (Å²) in [6, 6.07) is 0. The summed E-state index contributed by atoms with van der Waals surface area (Å²) in [4.78, 5) is 0. The van der Waals surface area contributed by atoms with Crippen LogP contribution in [0, 0.1) is 5.92 Å². The van der Waals surface area contributed by atoms with Gasteiger partial charge in [-0.05, 0) is 18.8 Å². The normalized spacial score (nSPS) is 13.6. The van der Waals surface area contributed by atoms with Crippen LogP contribution < -0.4 is 0 Å². The fourth-order valence-corrected chi connectivity index (χ4v) is 1.08. The van der Waals surface area contributed by atoms with E-state index in [4.69, 9.17) is 4.74 Å². The van der Waals surface area contributed by atoms with Gasteiger partial charge in [0.15, 0.2) is 6.29 Å². The van der Waals surface area contributed by atoms with Crippen molar-refractivity contribution in [1.82, 2.24) is 0 Å². The molecule has 0 aromatic carbocycles. The molecule has 0 aliphatic carbocycles. The molecule has 0 aliphatic heterocycles. The molecule has 0 aromatic rings. The predicted octanol–water partition coefficient (Wildman–Crippen LogP) is 3.39. The van der Waals surface area contributed by atoms with Gasteiger partial charge in [0.25, 0.3) is 0 Å². The van der Waals surface area contributed by atoms with Crippen molar-refractivity contribution in [3.8, 4) is 0 Å². The van der Waals surface area contributed by atoms with E-state index in [2.05, 4.69) is 20.8 Å². The molecule has 1 radical (unpaired) electrons. The molecular formula is C11H23O2. The Kier molecular flexibility index (Phi) is 8.46. The quantitative estimate of drug-likeness (QED) is 0.423. The van der Waals surface area contributed by atoms with E-state index in [1.54, 1.807) is 0 Å². The SMILES string of the molecule is CCCCCC([O])OCCC(C)C. The minimum atomic E-state index is -0.787. The lowest BCUT2D eigenvalue weighted by Gasteiger charge is -2.10. The average Bonchev–Trinajstić information content (AvgIpc) is 2.04. The Balaban J connectivity index is 3.15. The van der Waals surface area contributed by atoms with Gasteiger partial charge < -0.3 is 4.74 Å². The molecule has 0 rings (SSSR count). The van der Waals surface area contributed by atoms with E-state index in [0.29, 0.717) is 18.9 Å². The van der Waals surface area contributed by atoms with Gasteiger partial charge in [-0.1, -0.05) is 33.6 Å². The summed E-state index contributed by atoms with van der Waals surface area (Å²) in [5.74, 6) is 0.628. The second kappa shape index (κ2) is 8.52. The largest absolute Gasteiger partial charge is 0.350 e. The molecule has 79 valence electrons. The zero-order valence-electron chi connectivity index (χ0n) is 9.21. The van der Waals surface area contributed by atoms with Gasteiger partial charge in [-0.25, -0.2) is 5.11 Å². The van der Waals surface area contributed by atoms with Crippen molar-refractivity contribution in [2.24, 2.45) is 5.92 Å². The fourth-order valence-electron chi connectivity index (χ4n) is 1.08. The minimum absolute atomic E-state index is 0.623. The van der Waals surface area contributed by atoms with Crippen LogP contribution in [-0.4, -0.2) is 12.9 Å². The van der Waals surface area contributed by atoms with E-state index >= 15 is 0 Å². The van der Waals surface area contributed by atoms with Gasteiger partial charge >= 0.3 is 0 Å². The van der Waals surface area contributed by atoms with Crippen LogP contribution in [0.15, 0.2) is 0 Å². The van der Waals surface area contributed by atoms with Gasteiger partial charge in [0.1, 0.15) is 0 Å². The standard InChI is InChI=1S/C11H23O2/c1-4-5-6-7-11(12)13-9-8-10(2)3/h10-11H,4-9H2,1-3H3. The molecule has 0 spiro atoms. The first-order valence-corrected chi connectivity index (χ1v) is 5.44. The van der Waals surface area contributed by atoms with Gasteiger partial charge in [-0.15, -0.1) is 0 Å².